The van der Waals surface area contributed by atoms with Gasteiger partial charge in [-0.05, 0) is 25.7 Å². The standard InChI is InChI=1S/C21H39NO5/c1-18(21(26)27)14-12-13-17-22-19(23)15-10-8-6-4-2-3-5-7-9-11-16-20(24)25/h18H,2-17H2,1H3,(H,22,23)(H,24,25)(H,26,27)/t18-/m0/s1. The second-order valence-corrected chi connectivity index (χ2v) is 7.51. The van der Waals surface area contributed by atoms with Crippen LogP contribution in [-0.4, -0.2) is 34.6 Å². The molecule has 6 nitrogen and oxygen atoms in total. The van der Waals surface area contributed by atoms with Crippen molar-refractivity contribution in [3.05, 3.63) is 0 Å². The number of carboxylic acids is 2. The second-order valence-electron chi connectivity index (χ2n) is 7.51. The number of carbonyl (C=O) groups is 3. The van der Waals surface area contributed by atoms with Crippen molar-refractivity contribution in [1.82, 2.24) is 5.32 Å². The quantitative estimate of drug-likeness (QED) is 0.278. The lowest BCUT2D eigenvalue weighted by molar-refractivity contribution is -0.141. The number of hydrogen-bond donors (Lipinski definition) is 3. The van der Waals surface area contributed by atoms with Gasteiger partial charge in [-0.25, -0.2) is 0 Å². The topological polar surface area (TPSA) is 104 Å². The molecule has 0 bridgehead atoms. The van der Waals surface area contributed by atoms with E-state index in [0.717, 1.165) is 44.9 Å². The summed E-state index contributed by atoms with van der Waals surface area (Å²) in [6.45, 7) is 2.35. The van der Waals surface area contributed by atoms with E-state index < -0.39 is 11.9 Å². The van der Waals surface area contributed by atoms with Crippen LogP contribution in [-0.2, 0) is 14.4 Å². The molecule has 0 aromatic rings. The Morgan fingerprint density at radius 3 is 1.67 bits per heavy atom. The summed E-state index contributed by atoms with van der Waals surface area (Å²) < 4.78 is 0. The van der Waals surface area contributed by atoms with Crippen LogP contribution >= 0.6 is 0 Å². The van der Waals surface area contributed by atoms with Gasteiger partial charge in [0.05, 0.1) is 5.92 Å². The van der Waals surface area contributed by atoms with Crippen molar-refractivity contribution in [1.29, 1.82) is 0 Å². The van der Waals surface area contributed by atoms with E-state index >= 15 is 0 Å². The first-order chi connectivity index (χ1) is 12.9. The van der Waals surface area contributed by atoms with Gasteiger partial charge in [0.1, 0.15) is 0 Å². The molecule has 1 amide bonds. The van der Waals surface area contributed by atoms with E-state index in [9.17, 15) is 14.4 Å². The highest BCUT2D eigenvalue weighted by Crippen LogP contribution is 2.12. The van der Waals surface area contributed by atoms with Gasteiger partial charge in [-0.1, -0.05) is 64.7 Å². The van der Waals surface area contributed by atoms with E-state index in [2.05, 4.69) is 5.32 Å². The summed E-state index contributed by atoms with van der Waals surface area (Å²) in [4.78, 5) is 32.8. The maximum atomic E-state index is 11.7. The molecule has 0 aliphatic rings. The zero-order chi connectivity index (χ0) is 20.3. The lowest BCUT2D eigenvalue weighted by Crippen LogP contribution is -2.24. The first kappa shape index (κ1) is 25.4. The van der Waals surface area contributed by atoms with Gasteiger partial charge >= 0.3 is 11.9 Å². The van der Waals surface area contributed by atoms with Gasteiger partial charge in [-0.15, -0.1) is 0 Å². The van der Waals surface area contributed by atoms with E-state index in [-0.39, 0.29) is 18.2 Å². The molecule has 0 radical (unpaired) electrons. The molecule has 0 rings (SSSR count). The van der Waals surface area contributed by atoms with E-state index in [1.165, 1.54) is 32.1 Å². The van der Waals surface area contributed by atoms with Gasteiger partial charge < -0.3 is 15.5 Å². The van der Waals surface area contributed by atoms with Gasteiger partial charge in [0.25, 0.3) is 0 Å². The smallest absolute Gasteiger partial charge is 0.306 e. The molecule has 1 atom stereocenters. The Hall–Kier alpha value is -1.59. The van der Waals surface area contributed by atoms with Gasteiger partial charge in [0, 0.05) is 19.4 Å². The van der Waals surface area contributed by atoms with Gasteiger partial charge in [-0.2, -0.15) is 0 Å². The summed E-state index contributed by atoms with van der Waals surface area (Å²) in [5.41, 5.74) is 0. The van der Waals surface area contributed by atoms with Crippen molar-refractivity contribution >= 4 is 17.8 Å². The fraction of sp³-hybridized carbons (Fsp3) is 0.857. The van der Waals surface area contributed by atoms with Crippen LogP contribution < -0.4 is 5.32 Å². The molecule has 0 aliphatic carbocycles. The first-order valence-corrected chi connectivity index (χ1v) is 10.6. The normalized spacial score (nSPS) is 11.9. The van der Waals surface area contributed by atoms with Crippen LogP contribution in [0.1, 0.15) is 103 Å². The van der Waals surface area contributed by atoms with Crippen LogP contribution in [0.15, 0.2) is 0 Å². The molecule has 0 spiro atoms. The second kappa shape index (κ2) is 17.8. The number of hydrogen-bond acceptors (Lipinski definition) is 3. The van der Waals surface area contributed by atoms with E-state index in [1.54, 1.807) is 6.92 Å². The predicted octanol–water partition coefficient (Wildman–Crippen LogP) is 4.76. The minimum absolute atomic E-state index is 0.0997. The number of amides is 1. The highest BCUT2D eigenvalue weighted by Gasteiger charge is 2.09. The highest BCUT2D eigenvalue weighted by molar-refractivity contribution is 5.75. The van der Waals surface area contributed by atoms with Crippen LogP contribution in [0.4, 0.5) is 0 Å². The molecule has 0 aliphatic heterocycles. The third-order valence-corrected chi connectivity index (χ3v) is 4.85. The Labute approximate surface area is 164 Å². The predicted molar refractivity (Wildman–Crippen MR) is 107 cm³/mol. The number of unbranched alkanes of at least 4 members (excludes halogenated alkanes) is 10. The maximum absolute atomic E-state index is 11.7. The summed E-state index contributed by atoms with van der Waals surface area (Å²) in [7, 11) is 0. The Morgan fingerprint density at radius 2 is 1.19 bits per heavy atom. The summed E-state index contributed by atoms with van der Waals surface area (Å²) in [5, 5.41) is 20.2. The van der Waals surface area contributed by atoms with E-state index in [4.69, 9.17) is 10.2 Å². The fourth-order valence-corrected chi connectivity index (χ4v) is 2.99. The van der Waals surface area contributed by atoms with Gasteiger partial charge in [0.15, 0.2) is 0 Å². The molecule has 6 heteroatoms. The molecule has 0 aromatic carbocycles. The number of nitrogens with one attached hydrogen (secondary N) is 1. The maximum Gasteiger partial charge on any atom is 0.306 e. The molecule has 0 fully saturated rings. The first-order valence-electron chi connectivity index (χ1n) is 10.6. The average Bonchev–Trinajstić information content (AvgIpc) is 2.61. The summed E-state index contributed by atoms with van der Waals surface area (Å²) in [6.07, 6.45) is 14.1. The van der Waals surface area contributed by atoms with Crippen LogP contribution in [0.25, 0.3) is 0 Å². The van der Waals surface area contributed by atoms with Crippen molar-refractivity contribution in [2.75, 3.05) is 6.54 Å². The largest absolute Gasteiger partial charge is 0.481 e. The lowest BCUT2D eigenvalue weighted by Gasteiger charge is -2.07. The summed E-state index contributed by atoms with van der Waals surface area (Å²) in [6, 6.07) is 0. The fourth-order valence-electron chi connectivity index (χ4n) is 2.99. The van der Waals surface area contributed by atoms with Crippen LogP contribution in [0.5, 0.6) is 0 Å². The zero-order valence-corrected chi connectivity index (χ0v) is 17.0. The van der Waals surface area contributed by atoms with Crippen molar-refractivity contribution in [2.45, 2.75) is 103 Å². The molecule has 158 valence electrons. The molecule has 0 saturated heterocycles. The van der Waals surface area contributed by atoms with E-state index in [0.29, 0.717) is 19.4 Å². The Morgan fingerprint density at radius 1 is 0.704 bits per heavy atom. The lowest BCUT2D eigenvalue weighted by atomic mass is 10.0. The number of carbonyl (C=O) groups excluding carboxylic acids is 1. The van der Waals surface area contributed by atoms with Crippen LogP contribution in [0.2, 0.25) is 0 Å². The van der Waals surface area contributed by atoms with Crippen molar-refractivity contribution < 1.29 is 24.6 Å². The molecule has 0 saturated carbocycles. The Balaban J connectivity index is 3.25. The van der Waals surface area contributed by atoms with E-state index in [1.807, 2.05) is 0 Å². The highest BCUT2D eigenvalue weighted by atomic mass is 16.4. The van der Waals surface area contributed by atoms with Crippen molar-refractivity contribution in [3.63, 3.8) is 0 Å². The van der Waals surface area contributed by atoms with Crippen molar-refractivity contribution in [3.8, 4) is 0 Å². The average molecular weight is 386 g/mol. The molecule has 0 heterocycles. The van der Waals surface area contributed by atoms with Crippen molar-refractivity contribution in [2.24, 2.45) is 5.92 Å². The third kappa shape index (κ3) is 19.0. The minimum atomic E-state index is -0.755. The molecule has 0 aromatic heterocycles. The third-order valence-electron chi connectivity index (χ3n) is 4.85. The summed E-state index contributed by atoms with van der Waals surface area (Å²) >= 11 is 0. The number of aliphatic carboxylic acids is 2. The number of rotatable bonds is 19. The summed E-state index contributed by atoms with van der Waals surface area (Å²) in [5.74, 6) is -1.66. The Kier molecular flexibility index (Phi) is 16.8. The molecular weight excluding hydrogens is 346 g/mol. The van der Waals surface area contributed by atoms with Gasteiger partial charge in [0.2, 0.25) is 5.91 Å². The zero-order valence-electron chi connectivity index (χ0n) is 17.0. The molecule has 3 N–H and O–H groups in total. The van der Waals surface area contributed by atoms with Gasteiger partial charge in [-0.3, -0.25) is 14.4 Å². The molecular formula is C21H39NO5. The molecule has 0 unspecified atom stereocenters. The van der Waals surface area contributed by atoms with Crippen LogP contribution in [0.3, 0.4) is 0 Å². The number of carboxylic acid groups (broad SMARTS) is 2. The van der Waals surface area contributed by atoms with Crippen LogP contribution in [0, 0.1) is 5.92 Å². The monoisotopic (exact) mass is 385 g/mol. The molecule has 27 heavy (non-hydrogen) atoms. The Bertz CT molecular complexity index is 411. The SMILES string of the molecule is C[C@@H](CCCCNC(=O)CCCCCCCCCCCCC(=O)O)C(=O)O. The minimum Gasteiger partial charge on any atom is -0.481 e.